The third-order valence-corrected chi connectivity index (χ3v) is 9.86. The zero-order valence-corrected chi connectivity index (χ0v) is 25.7. The summed E-state index contributed by atoms with van der Waals surface area (Å²) in [7, 11) is 1.72. The van der Waals surface area contributed by atoms with Gasteiger partial charge in [0.15, 0.2) is 0 Å². The van der Waals surface area contributed by atoms with Gasteiger partial charge in [-0.3, -0.25) is 0 Å². The average Bonchev–Trinajstić information content (AvgIpc) is 2.76. The van der Waals surface area contributed by atoms with Crippen LogP contribution in [0.3, 0.4) is 0 Å². The van der Waals surface area contributed by atoms with E-state index in [9.17, 15) is 0 Å². The molecular weight excluding hydrogens is 415 g/mol. The van der Waals surface area contributed by atoms with E-state index < -0.39 is 0 Å². The predicted octanol–water partition coefficient (Wildman–Crippen LogP) is 9.64. The summed E-state index contributed by atoms with van der Waals surface area (Å²) in [4.78, 5) is 0. The lowest BCUT2D eigenvalue weighted by atomic mass is 10.1. The van der Waals surface area contributed by atoms with Crippen LogP contribution in [-0.4, -0.2) is 34.5 Å². The Balaban J connectivity index is 0. The summed E-state index contributed by atoms with van der Waals surface area (Å²) >= 11 is 4.02. The topological polar surface area (TPSA) is 0 Å². The second-order valence-electron chi connectivity index (χ2n) is 9.22. The predicted molar refractivity (Wildman–Crippen MR) is 155 cm³/mol. The summed E-state index contributed by atoms with van der Waals surface area (Å²) in [6.45, 7) is 6.96. The Morgan fingerprint density at radius 2 is 0.767 bits per heavy atom. The average molecular weight is 477 g/mol. The highest BCUT2D eigenvalue weighted by Crippen LogP contribution is 2.39. The highest BCUT2D eigenvalue weighted by molar-refractivity contribution is 7.80. The molecule has 0 nitrogen and oxygen atoms in total. The van der Waals surface area contributed by atoms with Gasteiger partial charge in [-0.15, -0.1) is 7.92 Å². The monoisotopic (exact) mass is 476 g/mol. The van der Waals surface area contributed by atoms with Gasteiger partial charge >= 0.3 is 0 Å². The molecule has 0 atom stereocenters. The first-order valence-electron chi connectivity index (χ1n) is 14.1. The van der Waals surface area contributed by atoms with Gasteiger partial charge in [0.1, 0.15) is 0 Å². The van der Waals surface area contributed by atoms with Gasteiger partial charge < -0.3 is 0 Å². The maximum Gasteiger partial charge on any atom is 0.00283 e. The van der Waals surface area contributed by atoms with E-state index in [-0.39, 0.29) is 0 Å². The zero-order chi connectivity index (χ0) is 22.5. The van der Waals surface area contributed by atoms with Crippen LogP contribution in [0.25, 0.3) is 0 Å². The third-order valence-electron chi connectivity index (χ3n) is 6.00. The number of unbranched alkanes of at least 4 members (excludes halogenated alkanes) is 15. The minimum Gasteiger partial charge on any atom is -0.179 e. The molecule has 0 aliphatic heterocycles. The van der Waals surface area contributed by atoms with E-state index in [2.05, 4.69) is 33.4 Å². The van der Waals surface area contributed by atoms with Crippen molar-refractivity contribution >= 4 is 30.8 Å². The maximum atomic E-state index is 4.02. The zero-order valence-electron chi connectivity index (χ0n) is 21.9. The van der Waals surface area contributed by atoms with Crippen molar-refractivity contribution in [3.05, 3.63) is 0 Å². The van der Waals surface area contributed by atoms with Gasteiger partial charge in [0, 0.05) is 10.2 Å². The Hall–Kier alpha value is 0.997. The van der Waals surface area contributed by atoms with Crippen molar-refractivity contribution in [2.24, 2.45) is 0 Å². The Morgan fingerprint density at radius 3 is 1.00 bits per heavy atom. The van der Waals surface area contributed by atoms with Gasteiger partial charge in [0.2, 0.25) is 0 Å². The molecule has 30 heavy (non-hydrogen) atoms. The van der Waals surface area contributed by atoms with Crippen molar-refractivity contribution in [1.82, 2.24) is 0 Å². The number of thiol groups is 1. The van der Waals surface area contributed by atoms with Gasteiger partial charge in [-0.2, -0.15) is 12.6 Å². The molecule has 0 aromatic rings. The van der Waals surface area contributed by atoms with Gasteiger partial charge in [-0.05, 0) is 49.9 Å². The number of rotatable bonds is 23. The van der Waals surface area contributed by atoms with E-state index in [1.165, 1.54) is 138 Å². The first kappa shape index (κ1) is 33.2. The molecule has 0 aromatic heterocycles. The minimum atomic E-state index is 0.366. The lowest BCUT2D eigenvalue weighted by Gasteiger charge is -2.18. The molecular formula is C27H61PSSi. The molecule has 3 heteroatoms. The van der Waals surface area contributed by atoms with Gasteiger partial charge in [0.05, 0.1) is 0 Å². The molecule has 0 rings (SSSR count). The van der Waals surface area contributed by atoms with E-state index in [0.717, 1.165) is 5.75 Å². The SMILES string of the molecule is CCCCCCCCP(CCCCCCCC)CCCCCCCC.[SiH3]CCCS. The summed E-state index contributed by atoms with van der Waals surface area (Å²) in [5, 5.41) is 0. The van der Waals surface area contributed by atoms with Crippen LogP contribution in [0.4, 0.5) is 0 Å². The normalized spacial score (nSPS) is 11.1. The quantitative estimate of drug-likeness (QED) is 0.0645. The molecule has 0 heterocycles. The lowest BCUT2D eigenvalue weighted by Crippen LogP contribution is -1.97. The van der Waals surface area contributed by atoms with E-state index in [1.54, 1.807) is 18.5 Å². The third kappa shape index (κ3) is 31.2. The molecule has 0 saturated carbocycles. The first-order chi connectivity index (χ1) is 14.8. The smallest absolute Gasteiger partial charge is 0.00283 e. The largest absolute Gasteiger partial charge is 0.179 e. The molecule has 0 N–H and O–H groups in total. The molecule has 0 bridgehead atoms. The van der Waals surface area contributed by atoms with Crippen LogP contribution in [0, 0.1) is 0 Å². The van der Waals surface area contributed by atoms with Crippen molar-refractivity contribution in [2.75, 3.05) is 24.2 Å². The summed E-state index contributed by atoms with van der Waals surface area (Å²) in [6, 6.07) is 1.41. The van der Waals surface area contributed by atoms with Crippen molar-refractivity contribution in [1.29, 1.82) is 0 Å². The number of hydrogen-bond acceptors (Lipinski definition) is 1. The summed E-state index contributed by atoms with van der Waals surface area (Å²) < 4.78 is 0. The molecule has 0 amide bonds. The molecule has 0 aliphatic rings. The number of hydrogen-bond donors (Lipinski definition) is 1. The lowest BCUT2D eigenvalue weighted by molar-refractivity contribution is 0.617. The van der Waals surface area contributed by atoms with Crippen LogP contribution in [0.1, 0.15) is 143 Å². The van der Waals surface area contributed by atoms with E-state index in [0.29, 0.717) is 7.92 Å². The van der Waals surface area contributed by atoms with Crippen LogP contribution >= 0.6 is 20.6 Å². The fraction of sp³-hybridized carbons (Fsp3) is 1.00. The van der Waals surface area contributed by atoms with Crippen LogP contribution in [-0.2, 0) is 0 Å². The molecule has 0 aliphatic carbocycles. The van der Waals surface area contributed by atoms with Crippen molar-refractivity contribution < 1.29 is 0 Å². The highest BCUT2D eigenvalue weighted by Gasteiger charge is 2.07. The molecule has 0 fully saturated rings. The Labute approximate surface area is 203 Å². The molecule has 0 aromatic carbocycles. The van der Waals surface area contributed by atoms with Crippen molar-refractivity contribution in [3.8, 4) is 0 Å². The second-order valence-corrected chi connectivity index (χ2v) is 13.4. The molecule has 184 valence electrons. The van der Waals surface area contributed by atoms with Crippen LogP contribution in [0.5, 0.6) is 0 Å². The minimum absolute atomic E-state index is 0.366. The fourth-order valence-corrected chi connectivity index (χ4v) is 7.79. The van der Waals surface area contributed by atoms with E-state index in [4.69, 9.17) is 0 Å². The maximum absolute atomic E-state index is 4.02. The van der Waals surface area contributed by atoms with Crippen molar-refractivity contribution in [2.45, 2.75) is 149 Å². The van der Waals surface area contributed by atoms with Gasteiger partial charge in [-0.1, -0.05) is 123 Å². The Kier molecular flexibility index (Phi) is 35.6. The molecule has 0 unspecified atom stereocenters. The first-order valence-corrected chi connectivity index (χ1v) is 18.0. The van der Waals surface area contributed by atoms with Crippen LogP contribution < -0.4 is 0 Å². The Morgan fingerprint density at radius 1 is 0.467 bits per heavy atom. The van der Waals surface area contributed by atoms with E-state index in [1.807, 2.05) is 0 Å². The molecule has 0 saturated heterocycles. The molecule has 0 spiro atoms. The van der Waals surface area contributed by atoms with Gasteiger partial charge in [-0.25, -0.2) is 0 Å². The highest BCUT2D eigenvalue weighted by atomic mass is 32.1. The standard InChI is InChI=1S/C24H51P.C3H10SSi/c1-4-7-10-13-16-19-22-25(23-20-17-14-11-8-5-2)24-21-18-15-12-9-6-3;4-2-1-3-5/h4-24H2,1-3H3;4H,1-3H2,5H3. The second kappa shape index (κ2) is 32.2. The van der Waals surface area contributed by atoms with E-state index >= 15 is 0 Å². The summed E-state index contributed by atoms with van der Waals surface area (Å²) in [5.74, 6) is 1.07. The summed E-state index contributed by atoms with van der Waals surface area (Å²) in [5.41, 5.74) is 0. The van der Waals surface area contributed by atoms with Gasteiger partial charge in [0.25, 0.3) is 0 Å². The van der Waals surface area contributed by atoms with Crippen molar-refractivity contribution in [3.63, 3.8) is 0 Å². The fourth-order valence-electron chi connectivity index (χ4n) is 3.84. The Bertz CT molecular complexity index is 236. The summed E-state index contributed by atoms with van der Waals surface area (Å²) in [6.07, 6.45) is 32.6. The van der Waals surface area contributed by atoms with Crippen LogP contribution in [0.2, 0.25) is 6.04 Å². The molecule has 0 radical (unpaired) electrons. The van der Waals surface area contributed by atoms with Crippen LogP contribution in [0.15, 0.2) is 0 Å².